The highest BCUT2D eigenvalue weighted by Gasteiger charge is 2.29. The van der Waals surface area contributed by atoms with E-state index in [4.69, 9.17) is 0 Å². The molecule has 0 unspecified atom stereocenters. The lowest BCUT2D eigenvalue weighted by molar-refractivity contribution is 0.146. The first-order valence-electron chi connectivity index (χ1n) is 10.3. The molecule has 0 N–H and O–H groups in total. The fourth-order valence-corrected chi connectivity index (χ4v) is 5.11. The Labute approximate surface area is 144 Å². The first-order valence-corrected chi connectivity index (χ1v) is 10.3. The highest BCUT2D eigenvalue weighted by molar-refractivity contribution is 5.14. The second-order valence-electron chi connectivity index (χ2n) is 8.53. The summed E-state index contributed by atoms with van der Waals surface area (Å²) in [5.41, 5.74) is 1.52. The Morgan fingerprint density at radius 1 is 0.739 bits per heavy atom. The lowest BCUT2D eigenvalue weighted by Crippen LogP contribution is -2.25. The van der Waals surface area contributed by atoms with Gasteiger partial charge in [0.25, 0.3) is 0 Å². The van der Waals surface area contributed by atoms with Gasteiger partial charge in [0.2, 0.25) is 0 Å². The van der Waals surface area contributed by atoms with Crippen LogP contribution in [-0.2, 0) is 6.42 Å². The molecular weight excluding hydrogens is 276 g/mol. The van der Waals surface area contributed by atoms with E-state index in [-0.39, 0.29) is 0 Å². The van der Waals surface area contributed by atoms with Crippen LogP contribution in [0, 0.1) is 23.7 Å². The van der Waals surface area contributed by atoms with E-state index >= 15 is 0 Å². The smallest absolute Gasteiger partial charge is 0.0279 e. The van der Waals surface area contributed by atoms with Crippen molar-refractivity contribution < 1.29 is 0 Å². The predicted molar refractivity (Wildman–Crippen MR) is 101 cm³/mol. The Bertz CT molecular complexity index is 419. The lowest BCUT2D eigenvalue weighted by Gasteiger charge is -2.37. The van der Waals surface area contributed by atoms with Gasteiger partial charge in [-0.15, -0.1) is 0 Å². The maximum absolute atomic E-state index is 2.45. The van der Waals surface area contributed by atoms with E-state index in [1.807, 2.05) is 0 Å². The van der Waals surface area contributed by atoms with Gasteiger partial charge in [-0.2, -0.15) is 0 Å². The standard InChI is InChI=1S/C23H36/c1-19-11-15-22(16-12-19)23-17-13-21(14-18-23)10-6-5-9-20-7-3-2-4-8-20/h2-4,7-8,19,21-23H,5-6,9-18H2,1H3. The van der Waals surface area contributed by atoms with Gasteiger partial charge >= 0.3 is 0 Å². The van der Waals surface area contributed by atoms with Crippen LogP contribution in [0.4, 0.5) is 0 Å². The molecule has 2 aliphatic carbocycles. The van der Waals surface area contributed by atoms with Gasteiger partial charge in [0.15, 0.2) is 0 Å². The first-order chi connectivity index (χ1) is 11.3. The quantitative estimate of drug-likeness (QED) is 0.494. The Kier molecular flexibility index (Phi) is 6.60. The van der Waals surface area contributed by atoms with Crippen LogP contribution in [0.1, 0.15) is 83.1 Å². The van der Waals surface area contributed by atoms with Crippen molar-refractivity contribution in [1.29, 1.82) is 0 Å². The Morgan fingerprint density at radius 3 is 2.00 bits per heavy atom. The van der Waals surface area contributed by atoms with Crippen molar-refractivity contribution in [1.82, 2.24) is 0 Å². The fraction of sp³-hybridized carbons (Fsp3) is 0.739. The number of aryl methyl sites for hydroxylation is 1. The molecule has 0 bridgehead atoms. The van der Waals surface area contributed by atoms with E-state index < -0.39 is 0 Å². The van der Waals surface area contributed by atoms with E-state index in [1.165, 1.54) is 69.8 Å². The molecule has 2 fully saturated rings. The van der Waals surface area contributed by atoms with E-state index in [0.29, 0.717) is 0 Å². The zero-order valence-electron chi connectivity index (χ0n) is 15.2. The monoisotopic (exact) mass is 312 g/mol. The number of benzene rings is 1. The van der Waals surface area contributed by atoms with Crippen LogP contribution in [0.3, 0.4) is 0 Å². The van der Waals surface area contributed by atoms with E-state index in [2.05, 4.69) is 37.3 Å². The average Bonchev–Trinajstić information content (AvgIpc) is 2.61. The fourth-order valence-electron chi connectivity index (χ4n) is 5.11. The van der Waals surface area contributed by atoms with Gasteiger partial charge in [-0.1, -0.05) is 75.8 Å². The molecule has 2 saturated carbocycles. The van der Waals surface area contributed by atoms with E-state index in [1.54, 1.807) is 12.8 Å². The average molecular weight is 313 g/mol. The predicted octanol–water partition coefficient (Wildman–Crippen LogP) is 7.03. The minimum atomic E-state index is 1.01. The second kappa shape index (κ2) is 8.90. The molecule has 0 amide bonds. The van der Waals surface area contributed by atoms with Crippen molar-refractivity contribution in [3.05, 3.63) is 35.9 Å². The van der Waals surface area contributed by atoms with Gasteiger partial charge in [0.1, 0.15) is 0 Å². The number of hydrogen-bond donors (Lipinski definition) is 0. The molecule has 0 spiro atoms. The Balaban J connectivity index is 1.29. The van der Waals surface area contributed by atoms with Crippen LogP contribution >= 0.6 is 0 Å². The molecule has 0 aromatic heterocycles. The summed E-state index contributed by atoms with van der Waals surface area (Å²) < 4.78 is 0. The molecule has 3 rings (SSSR count). The summed E-state index contributed by atoms with van der Waals surface area (Å²) in [5, 5.41) is 0. The van der Waals surface area contributed by atoms with Crippen LogP contribution in [0.5, 0.6) is 0 Å². The molecular formula is C23H36. The van der Waals surface area contributed by atoms with Crippen molar-refractivity contribution in [3.63, 3.8) is 0 Å². The minimum Gasteiger partial charge on any atom is -0.0625 e. The van der Waals surface area contributed by atoms with E-state index in [9.17, 15) is 0 Å². The highest BCUT2D eigenvalue weighted by Crippen LogP contribution is 2.42. The third kappa shape index (κ3) is 5.37. The van der Waals surface area contributed by atoms with Crippen molar-refractivity contribution >= 4 is 0 Å². The third-order valence-electron chi connectivity index (χ3n) is 6.79. The second-order valence-corrected chi connectivity index (χ2v) is 8.53. The molecule has 0 radical (unpaired) electrons. The van der Waals surface area contributed by atoms with Crippen LogP contribution in [0.2, 0.25) is 0 Å². The van der Waals surface area contributed by atoms with Gasteiger partial charge in [-0.25, -0.2) is 0 Å². The zero-order chi connectivity index (χ0) is 15.9. The molecule has 2 aliphatic rings. The molecule has 1 aromatic rings. The van der Waals surface area contributed by atoms with Crippen LogP contribution in [0.15, 0.2) is 30.3 Å². The number of rotatable bonds is 6. The SMILES string of the molecule is CC1CCC(C2CCC(CCCCc3ccccc3)CC2)CC1. The highest BCUT2D eigenvalue weighted by atomic mass is 14.3. The van der Waals surface area contributed by atoms with Crippen LogP contribution < -0.4 is 0 Å². The molecule has 0 nitrogen and oxygen atoms in total. The Hall–Kier alpha value is -0.780. The third-order valence-corrected chi connectivity index (χ3v) is 6.79. The zero-order valence-corrected chi connectivity index (χ0v) is 15.2. The minimum absolute atomic E-state index is 1.01. The number of hydrogen-bond acceptors (Lipinski definition) is 0. The molecule has 128 valence electrons. The maximum Gasteiger partial charge on any atom is -0.0279 e. The Morgan fingerprint density at radius 2 is 1.35 bits per heavy atom. The maximum atomic E-state index is 2.45. The van der Waals surface area contributed by atoms with Crippen molar-refractivity contribution in [2.24, 2.45) is 23.7 Å². The summed E-state index contributed by atoms with van der Waals surface area (Å²) in [6.07, 6.45) is 17.8. The summed E-state index contributed by atoms with van der Waals surface area (Å²) >= 11 is 0. The lowest BCUT2D eigenvalue weighted by atomic mass is 9.69. The summed E-state index contributed by atoms with van der Waals surface area (Å²) in [4.78, 5) is 0. The van der Waals surface area contributed by atoms with E-state index in [0.717, 1.165) is 23.7 Å². The summed E-state index contributed by atoms with van der Waals surface area (Å²) in [6.45, 7) is 2.45. The molecule has 0 heterocycles. The van der Waals surface area contributed by atoms with Crippen LogP contribution in [-0.4, -0.2) is 0 Å². The van der Waals surface area contributed by atoms with Crippen molar-refractivity contribution in [2.75, 3.05) is 0 Å². The molecule has 0 heteroatoms. The molecule has 23 heavy (non-hydrogen) atoms. The number of unbranched alkanes of at least 4 members (excludes halogenated alkanes) is 1. The van der Waals surface area contributed by atoms with Gasteiger partial charge < -0.3 is 0 Å². The summed E-state index contributed by atoms with van der Waals surface area (Å²) in [5.74, 6) is 4.23. The van der Waals surface area contributed by atoms with Crippen molar-refractivity contribution in [2.45, 2.75) is 84.0 Å². The largest absolute Gasteiger partial charge is 0.0625 e. The van der Waals surface area contributed by atoms with Crippen molar-refractivity contribution in [3.8, 4) is 0 Å². The van der Waals surface area contributed by atoms with Gasteiger partial charge in [-0.3, -0.25) is 0 Å². The molecule has 1 aromatic carbocycles. The first kappa shape index (κ1) is 17.1. The summed E-state index contributed by atoms with van der Waals surface area (Å²) in [6, 6.07) is 11.0. The van der Waals surface area contributed by atoms with Gasteiger partial charge in [-0.05, 0) is 67.8 Å². The normalized spacial score (nSPS) is 31.9. The van der Waals surface area contributed by atoms with Crippen LogP contribution in [0.25, 0.3) is 0 Å². The molecule has 0 aliphatic heterocycles. The topological polar surface area (TPSA) is 0 Å². The summed E-state index contributed by atoms with van der Waals surface area (Å²) in [7, 11) is 0. The van der Waals surface area contributed by atoms with Gasteiger partial charge in [0.05, 0.1) is 0 Å². The molecule has 0 atom stereocenters. The molecule has 0 saturated heterocycles. The van der Waals surface area contributed by atoms with Gasteiger partial charge in [0, 0.05) is 0 Å².